The van der Waals surface area contributed by atoms with E-state index in [1.165, 1.54) is 24.3 Å². The number of aliphatic imine (C=N–C) groups is 1. The standard InChI is InChI=1S/C47H65N11O13/c1-25(2)21-35(56-40(64)30(48)23-27-24-52-31-8-4-3-7-29(27)31)43(67)53-32(15-17-38(60)61)41(65)55-34(9-5-19-51-47(49)50)45(69)58-20-6-10-37(58)44(68)54-33(16-18-39(62)63)42(66)57-36(46(70)71)22-26-11-13-28(59)14-12-26/h3-4,7-8,11-14,24-25,30,32-37,52,59H,5-6,9-10,15-23,48H2,1-2H3,(H,53,67)(H,54,68)(H,55,65)(H,56,64)(H,57,66)(H,60,61)(H,62,63)(H,70,71)(H4,49,50,51)/t30-,32-,33-,34-,35-,36-,37-/m0/s1. The number of carboxylic acid groups (broad SMARTS) is 3. The number of guanidine groups is 1. The molecule has 1 saturated heterocycles. The molecular weight excluding hydrogens is 927 g/mol. The molecule has 6 amide bonds. The summed E-state index contributed by atoms with van der Waals surface area (Å²) in [5.41, 5.74) is 19.4. The number of benzene rings is 2. The molecule has 1 aliphatic heterocycles. The second-order valence-corrected chi connectivity index (χ2v) is 17.8. The maximum absolute atomic E-state index is 14.5. The summed E-state index contributed by atoms with van der Waals surface area (Å²) in [7, 11) is 0. The number of para-hydroxylation sites is 1. The van der Waals surface area contributed by atoms with Gasteiger partial charge in [-0.1, -0.05) is 44.2 Å². The smallest absolute Gasteiger partial charge is 0.326 e. The zero-order valence-corrected chi connectivity index (χ0v) is 39.6. The number of carbonyl (C=O) groups is 9. The number of phenolic OH excluding ortho intramolecular Hbond substituents is 1. The molecule has 71 heavy (non-hydrogen) atoms. The molecule has 3 aromatic rings. The molecular formula is C47H65N11O13. The molecule has 0 saturated carbocycles. The first-order valence-electron chi connectivity index (χ1n) is 23.3. The SMILES string of the molecule is CC(C)C[C@H](NC(=O)[C@@H](N)Cc1c[nH]c2ccccc12)C(=O)N[C@@H](CCC(=O)O)C(=O)N[C@@H](CCCN=C(N)N)C(=O)N1CCC[C@H]1C(=O)N[C@@H](CCC(=O)O)C(=O)N[C@@H](Cc1ccc(O)cc1)C(=O)O. The van der Waals surface area contributed by atoms with E-state index in [2.05, 4.69) is 36.6 Å². The number of likely N-dealkylation sites (tertiary alicyclic amines) is 1. The van der Waals surface area contributed by atoms with Crippen LogP contribution in [-0.4, -0.2) is 145 Å². The lowest BCUT2D eigenvalue weighted by molar-refractivity contribution is -0.144. The number of aromatic hydroxyl groups is 1. The first kappa shape index (κ1) is 55.8. The van der Waals surface area contributed by atoms with Crippen molar-refractivity contribution in [2.24, 2.45) is 28.1 Å². The van der Waals surface area contributed by atoms with E-state index in [-0.39, 0.29) is 75.7 Å². The van der Waals surface area contributed by atoms with Crippen molar-refractivity contribution in [3.05, 3.63) is 65.9 Å². The highest BCUT2D eigenvalue weighted by molar-refractivity contribution is 5.98. The van der Waals surface area contributed by atoms with Gasteiger partial charge in [0.25, 0.3) is 0 Å². The molecule has 16 N–H and O–H groups in total. The van der Waals surface area contributed by atoms with Gasteiger partial charge in [0.15, 0.2) is 5.96 Å². The number of amides is 6. The van der Waals surface area contributed by atoms with Crippen LogP contribution in [0.3, 0.4) is 0 Å². The fourth-order valence-electron chi connectivity index (χ4n) is 8.10. The highest BCUT2D eigenvalue weighted by Crippen LogP contribution is 2.22. The summed E-state index contributed by atoms with van der Waals surface area (Å²) in [5, 5.41) is 52.1. The van der Waals surface area contributed by atoms with Crippen LogP contribution < -0.4 is 43.8 Å². The number of H-pyrrole nitrogens is 1. The summed E-state index contributed by atoms with van der Waals surface area (Å²) >= 11 is 0. The second-order valence-electron chi connectivity index (χ2n) is 17.8. The van der Waals surface area contributed by atoms with E-state index in [1.54, 1.807) is 20.0 Å². The van der Waals surface area contributed by atoms with Crippen LogP contribution in [0.25, 0.3) is 10.9 Å². The third kappa shape index (κ3) is 17.6. The van der Waals surface area contributed by atoms with E-state index >= 15 is 0 Å². The topological polar surface area (TPSA) is 404 Å². The molecule has 7 atom stereocenters. The number of phenols is 1. The van der Waals surface area contributed by atoms with Crippen LogP contribution in [0.15, 0.2) is 59.7 Å². The number of hydrogen-bond acceptors (Lipinski definition) is 12. The van der Waals surface area contributed by atoms with Gasteiger partial charge in [0.05, 0.1) is 6.04 Å². The van der Waals surface area contributed by atoms with Gasteiger partial charge in [0.1, 0.15) is 42.0 Å². The number of carbonyl (C=O) groups excluding carboxylic acids is 6. The number of nitrogens with one attached hydrogen (secondary N) is 6. The first-order chi connectivity index (χ1) is 33.6. The fourth-order valence-corrected chi connectivity index (χ4v) is 8.10. The molecule has 0 aliphatic carbocycles. The molecule has 1 aliphatic rings. The van der Waals surface area contributed by atoms with Gasteiger partial charge in [-0.25, -0.2) is 4.79 Å². The quantitative estimate of drug-likeness (QED) is 0.0243. The number of nitrogens with two attached hydrogens (primary N) is 3. The van der Waals surface area contributed by atoms with Crippen molar-refractivity contribution in [1.29, 1.82) is 0 Å². The molecule has 0 unspecified atom stereocenters. The molecule has 0 spiro atoms. The van der Waals surface area contributed by atoms with E-state index in [4.69, 9.17) is 17.2 Å². The predicted molar refractivity (Wildman–Crippen MR) is 257 cm³/mol. The number of rotatable bonds is 28. The Bertz CT molecular complexity index is 2400. The number of aliphatic carboxylic acids is 3. The van der Waals surface area contributed by atoms with Gasteiger partial charge >= 0.3 is 17.9 Å². The van der Waals surface area contributed by atoms with Crippen LogP contribution in [-0.2, 0) is 56.0 Å². The largest absolute Gasteiger partial charge is 0.508 e. The first-order valence-corrected chi connectivity index (χ1v) is 23.3. The van der Waals surface area contributed by atoms with Crippen molar-refractivity contribution < 1.29 is 63.6 Å². The summed E-state index contributed by atoms with van der Waals surface area (Å²) in [6.45, 7) is 3.61. The van der Waals surface area contributed by atoms with Gasteiger partial charge in [-0.05, 0) is 86.6 Å². The van der Waals surface area contributed by atoms with Gasteiger partial charge in [-0.15, -0.1) is 0 Å². The zero-order chi connectivity index (χ0) is 52.4. The Balaban J connectivity index is 1.53. The maximum atomic E-state index is 14.5. The molecule has 0 bridgehead atoms. The molecule has 1 fully saturated rings. The summed E-state index contributed by atoms with van der Waals surface area (Å²) < 4.78 is 0. The van der Waals surface area contributed by atoms with Gasteiger partial charge in [0.2, 0.25) is 35.4 Å². The van der Waals surface area contributed by atoms with E-state index in [0.29, 0.717) is 5.56 Å². The van der Waals surface area contributed by atoms with E-state index in [1.807, 2.05) is 24.3 Å². The lowest BCUT2D eigenvalue weighted by atomic mass is 10.00. The Morgan fingerprint density at radius 2 is 1.31 bits per heavy atom. The molecule has 4 rings (SSSR count). The molecule has 24 heteroatoms. The van der Waals surface area contributed by atoms with Crippen molar-refractivity contribution in [3.63, 3.8) is 0 Å². The van der Waals surface area contributed by atoms with Gasteiger partial charge in [-0.3, -0.25) is 43.3 Å². The van der Waals surface area contributed by atoms with Crippen LogP contribution in [0.2, 0.25) is 0 Å². The molecule has 0 radical (unpaired) electrons. The highest BCUT2D eigenvalue weighted by Gasteiger charge is 2.40. The van der Waals surface area contributed by atoms with E-state index in [0.717, 1.165) is 21.4 Å². The Hall–Kier alpha value is -7.76. The van der Waals surface area contributed by atoms with Gasteiger partial charge in [0, 0.05) is 49.5 Å². The Labute approximate surface area is 408 Å². The summed E-state index contributed by atoms with van der Waals surface area (Å²) in [6.07, 6.45) is 0.0204. The fraction of sp³-hybridized carbons (Fsp3) is 0.489. The Kier molecular flexibility index (Phi) is 21.1. The van der Waals surface area contributed by atoms with Crippen LogP contribution in [0.4, 0.5) is 0 Å². The minimum atomic E-state index is -1.56. The highest BCUT2D eigenvalue weighted by atomic mass is 16.4. The minimum absolute atomic E-state index is 0.00486. The molecule has 2 heterocycles. The Morgan fingerprint density at radius 3 is 1.92 bits per heavy atom. The monoisotopic (exact) mass is 991 g/mol. The van der Waals surface area contributed by atoms with Crippen LogP contribution in [0, 0.1) is 5.92 Å². The van der Waals surface area contributed by atoms with Crippen molar-refractivity contribution in [2.45, 2.75) is 127 Å². The van der Waals surface area contributed by atoms with Crippen molar-refractivity contribution in [1.82, 2.24) is 36.5 Å². The van der Waals surface area contributed by atoms with E-state index < -0.39 is 121 Å². The number of aromatic nitrogens is 1. The number of aromatic amines is 1. The van der Waals surface area contributed by atoms with Gasteiger partial charge in [-0.2, -0.15) is 0 Å². The number of carboxylic acids is 3. The van der Waals surface area contributed by atoms with E-state index in [9.17, 15) is 63.6 Å². The minimum Gasteiger partial charge on any atom is -0.508 e. The third-order valence-electron chi connectivity index (χ3n) is 11.7. The maximum Gasteiger partial charge on any atom is 0.326 e. The molecule has 24 nitrogen and oxygen atoms in total. The predicted octanol–water partition coefficient (Wildman–Crippen LogP) is -0.685. The normalized spacial score (nSPS) is 15.8. The lowest BCUT2D eigenvalue weighted by Gasteiger charge is -2.31. The molecule has 1 aromatic heterocycles. The number of nitrogens with zero attached hydrogens (tertiary/aromatic N) is 2. The van der Waals surface area contributed by atoms with Crippen molar-refractivity contribution >= 4 is 70.2 Å². The second kappa shape index (κ2) is 26.8. The van der Waals surface area contributed by atoms with Gasteiger partial charge < -0.3 is 74.1 Å². The van der Waals surface area contributed by atoms with Crippen molar-refractivity contribution in [3.8, 4) is 5.75 Å². The number of fused-ring (bicyclic) bond motifs is 1. The van der Waals surface area contributed by atoms with Crippen molar-refractivity contribution in [2.75, 3.05) is 13.1 Å². The zero-order valence-electron chi connectivity index (χ0n) is 39.6. The third-order valence-corrected chi connectivity index (χ3v) is 11.7. The van der Waals surface area contributed by atoms with Crippen LogP contribution >= 0.6 is 0 Å². The molecule has 386 valence electrons. The van der Waals surface area contributed by atoms with Crippen LogP contribution in [0.5, 0.6) is 5.75 Å². The number of hydrogen-bond donors (Lipinski definition) is 13. The Morgan fingerprint density at radius 1 is 0.732 bits per heavy atom. The average Bonchev–Trinajstić information content (AvgIpc) is 3.97. The summed E-state index contributed by atoms with van der Waals surface area (Å²) in [4.78, 5) is 127. The van der Waals surface area contributed by atoms with Crippen LogP contribution in [0.1, 0.15) is 82.8 Å². The lowest BCUT2D eigenvalue weighted by Crippen LogP contribution is -2.59. The summed E-state index contributed by atoms with van der Waals surface area (Å²) in [5.74, 6) is -9.60. The molecule has 2 aromatic carbocycles. The summed E-state index contributed by atoms with van der Waals surface area (Å²) in [6, 6.07) is 3.42. The average molecular weight is 992 g/mol.